The third-order valence-corrected chi connectivity index (χ3v) is 2.28. The lowest BCUT2D eigenvalue weighted by molar-refractivity contribution is -0.148. The lowest BCUT2D eigenvalue weighted by Crippen LogP contribution is -2.20. The first-order chi connectivity index (χ1) is 4.74. The summed E-state index contributed by atoms with van der Waals surface area (Å²) in [6, 6.07) is 0. The monoisotopic (exact) mass is 208 g/mol. The van der Waals surface area contributed by atoms with Gasteiger partial charge in [0.1, 0.15) is 0 Å². The van der Waals surface area contributed by atoms with Crippen LogP contribution in [0.2, 0.25) is 0 Å². The van der Waals surface area contributed by atoms with Gasteiger partial charge in [-0.05, 0) is 12.8 Å². The van der Waals surface area contributed by atoms with Crippen molar-refractivity contribution >= 4 is 21.9 Å². The van der Waals surface area contributed by atoms with Crippen LogP contribution in [0.15, 0.2) is 0 Å². The van der Waals surface area contributed by atoms with E-state index in [1.54, 1.807) is 0 Å². The van der Waals surface area contributed by atoms with Crippen molar-refractivity contribution in [2.75, 3.05) is 5.33 Å². The maximum absolute atomic E-state index is 10.3. The molecule has 58 valence electrons. The largest absolute Gasteiger partial charge is 0.479 e. The third-order valence-electron chi connectivity index (χ3n) is 1.56. The molecule has 1 aliphatic rings. The van der Waals surface area contributed by atoms with E-state index in [0.717, 1.165) is 11.8 Å². The molecular formula is C6H9BrO3. The Bertz CT molecular complexity index is 137. The van der Waals surface area contributed by atoms with E-state index in [2.05, 4.69) is 15.9 Å². The van der Waals surface area contributed by atoms with Gasteiger partial charge in [0.15, 0.2) is 6.10 Å². The second-order valence-electron chi connectivity index (χ2n) is 2.32. The smallest absolute Gasteiger partial charge is 0.332 e. The zero-order valence-electron chi connectivity index (χ0n) is 5.42. The Morgan fingerprint density at radius 1 is 1.70 bits per heavy atom. The van der Waals surface area contributed by atoms with Gasteiger partial charge in [-0.1, -0.05) is 15.9 Å². The molecule has 0 aromatic carbocycles. The van der Waals surface area contributed by atoms with Crippen LogP contribution in [0.5, 0.6) is 0 Å². The summed E-state index contributed by atoms with van der Waals surface area (Å²) in [4.78, 5) is 10.3. The maximum atomic E-state index is 10.3. The van der Waals surface area contributed by atoms with Crippen LogP contribution in [0.4, 0.5) is 0 Å². The Balaban J connectivity index is 2.35. The Hall–Kier alpha value is -0.0900. The van der Waals surface area contributed by atoms with Crippen molar-refractivity contribution in [2.45, 2.75) is 25.0 Å². The molecule has 1 rings (SSSR count). The number of halogens is 1. The van der Waals surface area contributed by atoms with Crippen molar-refractivity contribution in [2.24, 2.45) is 0 Å². The topological polar surface area (TPSA) is 46.5 Å². The van der Waals surface area contributed by atoms with E-state index >= 15 is 0 Å². The average Bonchev–Trinajstić information content (AvgIpc) is 2.34. The van der Waals surface area contributed by atoms with Gasteiger partial charge in [-0.3, -0.25) is 0 Å². The molecule has 0 aromatic rings. The second-order valence-corrected chi connectivity index (χ2v) is 2.96. The fraction of sp³-hybridized carbons (Fsp3) is 0.833. The molecule has 0 saturated carbocycles. The second kappa shape index (κ2) is 3.34. The normalized spacial score (nSPS) is 32.5. The Morgan fingerprint density at radius 2 is 2.40 bits per heavy atom. The van der Waals surface area contributed by atoms with E-state index in [9.17, 15) is 4.79 Å². The average molecular weight is 209 g/mol. The van der Waals surface area contributed by atoms with Crippen LogP contribution in [0.1, 0.15) is 12.8 Å². The molecule has 0 bridgehead atoms. The molecule has 1 heterocycles. The molecule has 2 atom stereocenters. The first kappa shape index (κ1) is 8.01. The highest BCUT2D eigenvalue weighted by atomic mass is 79.9. The minimum atomic E-state index is -0.844. The zero-order valence-corrected chi connectivity index (χ0v) is 7.00. The molecule has 0 amide bonds. The SMILES string of the molecule is O=C(O)C1CCC(CBr)O1. The number of rotatable bonds is 2. The van der Waals surface area contributed by atoms with Crippen molar-refractivity contribution in [3.63, 3.8) is 0 Å². The summed E-state index contributed by atoms with van der Waals surface area (Å²) in [7, 11) is 0. The molecule has 1 fully saturated rings. The summed E-state index contributed by atoms with van der Waals surface area (Å²) in [5, 5.41) is 9.22. The fourth-order valence-electron chi connectivity index (χ4n) is 1.00. The van der Waals surface area contributed by atoms with Crippen LogP contribution in [-0.2, 0) is 9.53 Å². The van der Waals surface area contributed by atoms with Gasteiger partial charge in [0.2, 0.25) is 0 Å². The van der Waals surface area contributed by atoms with Gasteiger partial charge >= 0.3 is 5.97 Å². The van der Waals surface area contributed by atoms with Crippen molar-refractivity contribution in [3.8, 4) is 0 Å². The van der Waals surface area contributed by atoms with Crippen LogP contribution in [-0.4, -0.2) is 28.6 Å². The third kappa shape index (κ3) is 1.70. The molecule has 2 unspecified atom stereocenters. The quantitative estimate of drug-likeness (QED) is 0.690. The first-order valence-corrected chi connectivity index (χ1v) is 4.30. The highest BCUT2D eigenvalue weighted by molar-refractivity contribution is 9.09. The zero-order chi connectivity index (χ0) is 7.56. The number of ether oxygens (including phenoxy) is 1. The summed E-state index contributed by atoms with van der Waals surface area (Å²) in [6.45, 7) is 0. The van der Waals surface area contributed by atoms with Gasteiger partial charge in [0.05, 0.1) is 6.10 Å². The minimum Gasteiger partial charge on any atom is -0.479 e. The van der Waals surface area contributed by atoms with E-state index in [1.165, 1.54) is 0 Å². The number of alkyl halides is 1. The summed E-state index contributed by atoms with van der Waals surface area (Å²) >= 11 is 3.23. The molecule has 1 N–H and O–H groups in total. The van der Waals surface area contributed by atoms with Crippen LogP contribution in [0.3, 0.4) is 0 Å². The van der Waals surface area contributed by atoms with Crippen molar-refractivity contribution in [3.05, 3.63) is 0 Å². The summed E-state index contributed by atoms with van der Waals surface area (Å²) in [5.74, 6) is -0.844. The standard InChI is InChI=1S/C6H9BrO3/c7-3-4-1-2-5(10-4)6(8)9/h4-5H,1-3H2,(H,8,9). The Morgan fingerprint density at radius 3 is 2.70 bits per heavy atom. The molecule has 3 nitrogen and oxygen atoms in total. The van der Waals surface area contributed by atoms with Gasteiger partial charge in [0, 0.05) is 5.33 Å². The van der Waals surface area contributed by atoms with E-state index < -0.39 is 12.1 Å². The highest BCUT2D eigenvalue weighted by Gasteiger charge is 2.29. The molecule has 1 aliphatic heterocycles. The van der Waals surface area contributed by atoms with Crippen LogP contribution < -0.4 is 0 Å². The van der Waals surface area contributed by atoms with E-state index in [1.807, 2.05) is 0 Å². The Labute approximate surface area is 67.5 Å². The number of hydrogen-bond acceptors (Lipinski definition) is 2. The molecule has 4 heteroatoms. The molecule has 0 aliphatic carbocycles. The summed E-state index contributed by atoms with van der Waals surface area (Å²) in [5.41, 5.74) is 0. The number of carboxylic acid groups (broad SMARTS) is 1. The van der Waals surface area contributed by atoms with Gasteiger partial charge in [0.25, 0.3) is 0 Å². The van der Waals surface area contributed by atoms with Gasteiger partial charge < -0.3 is 9.84 Å². The molecule has 1 saturated heterocycles. The lowest BCUT2D eigenvalue weighted by atomic mass is 10.2. The van der Waals surface area contributed by atoms with Gasteiger partial charge in [-0.2, -0.15) is 0 Å². The van der Waals surface area contributed by atoms with E-state index in [4.69, 9.17) is 9.84 Å². The summed E-state index contributed by atoms with van der Waals surface area (Å²) < 4.78 is 5.13. The maximum Gasteiger partial charge on any atom is 0.332 e. The first-order valence-electron chi connectivity index (χ1n) is 3.18. The molecule has 0 radical (unpaired) electrons. The van der Waals surface area contributed by atoms with Crippen molar-refractivity contribution in [1.29, 1.82) is 0 Å². The molecular weight excluding hydrogens is 200 g/mol. The van der Waals surface area contributed by atoms with Crippen LogP contribution >= 0.6 is 15.9 Å². The van der Waals surface area contributed by atoms with Gasteiger partial charge in [-0.25, -0.2) is 4.79 Å². The molecule has 10 heavy (non-hydrogen) atoms. The summed E-state index contributed by atoms with van der Waals surface area (Å²) in [6.07, 6.45) is 1.03. The van der Waals surface area contributed by atoms with Crippen molar-refractivity contribution in [1.82, 2.24) is 0 Å². The highest BCUT2D eigenvalue weighted by Crippen LogP contribution is 2.20. The van der Waals surface area contributed by atoms with Crippen LogP contribution in [0, 0.1) is 0 Å². The van der Waals surface area contributed by atoms with Crippen LogP contribution in [0.25, 0.3) is 0 Å². The predicted molar refractivity (Wildman–Crippen MR) is 39.3 cm³/mol. The minimum absolute atomic E-state index is 0.0982. The molecule has 0 spiro atoms. The van der Waals surface area contributed by atoms with Gasteiger partial charge in [-0.15, -0.1) is 0 Å². The number of aliphatic carboxylic acids is 1. The van der Waals surface area contributed by atoms with E-state index in [-0.39, 0.29) is 6.10 Å². The number of hydrogen-bond donors (Lipinski definition) is 1. The molecule has 0 aromatic heterocycles. The lowest BCUT2D eigenvalue weighted by Gasteiger charge is -2.05. The fourth-order valence-corrected chi connectivity index (χ4v) is 1.48. The predicted octanol–water partition coefficient (Wildman–Crippen LogP) is 1.01. The Kier molecular flexibility index (Phi) is 2.68. The van der Waals surface area contributed by atoms with E-state index in [0.29, 0.717) is 6.42 Å². The number of carbonyl (C=O) groups is 1. The van der Waals surface area contributed by atoms with Crippen molar-refractivity contribution < 1.29 is 14.6 Å². The number of carboxylic acids is 1.